The van der Waals surface area contributed by atoms with Crippen molar-refractivity contribution in [3.05, 3.63) is 65.4 Å². The molecule has 0 N–H and O–H groups in total. The van der Waals surface area contributed by atoms with Gasteiger partial charge in [0.15, 0.2) is 17.4 Å². The molecule has 4 aromatic rings. The molecule has 0 saturated carbocycles. The van der Waals surface area contributed by atoms with E-state index in [0.717, 1.165) is 36.9 Å². The van der Waals surface area contributed by atoms with Gasteiger partial charge in [-0.15, -0.1) is 11.3 Å². The first-order valence-electron chi connectivity index (χ1n) is 11.4. The van der Waals surface area contributed by atoms with Crippen LogP contribution in [0.25, 0.3) is 16.9 Å². The molecular formula is C25H27N5O3S. The van der Waals surface area contributed by atoms with Gasteiger partial charge in [0.2, 0.25) is 0 Å². The second-order valence-corrected chi connectivity index (χ2v) is 8.75. The van der Waals surface area contributed by atoms with Gasteiger partial charge >= 0.3 is 5.97 Å². The number of anilines is 1. The van der Waals surface area contributed by atoms with Gasteiger partial charge in [0, 0.05) is 29.9 Å². The quantitative estimate of drug-likeness (QED) is 0.238. The standard InChI is InChI=1S/C25H27N5O3S/c1-3-4-5-9-14-29(25-27-20(17-34-25)19-11-7-6-8-12-19)21(31)16-33-24(32)22-18(2)28-30-15-10-13-26-23(22)30/h6-8,10-13,15,17H,3-5,9,14,16H2,1-2H3. The number of hydrogen-bond donors (Lipinski definition) is 0. The molecular weight excluding hydrogens is 450 g/mol. The number of ether oxygens (including phenoxy) is 1. The van der Waals surface area contributed by atoms with Gasteiger partial charge in [0.25, 0.3) is 5.91 Å². The molecule has 3 aromatic heterocycles. The van der Waals surface area contributed by atoms with Gasteiger partial charge in [-0.2, -0.15) is 5.10 Å². The van der Waals surface area contributed by atoms with Crippen LogP contribution in [-0.2, 0) is 9.53 Å². The summed E-state index contributed by atoms with van der Waals surface area (Å²) in [4.78, 5) is 36.5. The Hall–Kier alpha value is -3.59. The molecule has 0 aliphatic heterocycles. The van der Waals surface area contributed by atoms with E-state index in [1.54, 1.807) is 30.3 Å². The molecule has 9 heteroatoms. The minimum Gasteiger partial charge on any atom is -0.452 e. The highest BCUT2D eigenvalue weighted by atomic mass is 32.1. The van der Waals surface area contributed by atoms with E-state index in [4.69, 9.17) is 9.72 Å². The maximum absolute atomic E-state index is 13.2. The fourth-order valence-corrected chi connectivity index (χ4v) is 4.54. The van der Waals surface area contributed by atoms with Crippen LogP contribution in [0.5, 0.6) is 0 Å². The zero-order valence-electron chi connectivity index (χ0n) is 19.3. The first kappa shape index (κ1) is 23.6. The van der Waals surface area contributed by atoms with E-state index in [-0.39, 0.29) is 18.1 Å². The Kier molecular flexibility index (Phi) is 7.64. The van der Waals surface area contributed by atoms with Gasteiger partial charge in [0.05, 0.1) is 11.4 Å². The van der Waals surface area contributed by atoms with Crippen LogP contribution in [0.15, 0.2) is 54.2 Å². The van der Waals surface area contributed by atoms with Crippen molar-refractivity contribution in [1.82, 2.24) is 19.6 Å². The topological polar surface area (TPSA) is 89.7 Å². The summed E-state index contributed by atoms with van der Waals surface area (Å²) in [6.07, 6.45) is 7.37. The van der Waals surface area contributed by atoms with Crippen molar-refractivity contribution in [2.75, 3.05) is 18.1 Å². The Labute approximate surface area is 202 Å². The van der Waals surface area contributed by atoms with Crippen LogP contribution >= 0.6 is 11.3 Å². The Morgan fingerprint density at radius 3 is 2.74 bits per heavy atom. The second-order valence-electron chi connectivity index (χ2n) is 7.91. The number of aryl methyl sites for hydroxylation is 1. The Morgan fingerprint density at radius 1 is 1.12 bits per heavy atom. The molecule has 176 valence electrons. The lowest BCUT2D eigenvalue weighted by Gasteiger charge is -2.19. The first-order chi connectivity index (χ1) is 16.6. The van der Waals surface area contributed by atoms with Crippen molar-refractivity contribution in [2.45, 2.75) is 39.5 Å². The van der Waals surface area contributed by atoms with Crippen LogP contribution in [0.1, 0.15) is 48.7 Å². The fourth-order valence-electron chi connectivity index (χ4n) is 3.67. The van der Waals surface area contributed by atoms with E-state index in [1.165, 1.54) is 15.9 Å². The highest BCUT2D eigenvalue weighted by molar-refractivity contribution is 7.14. The maximum atomic E-state index is 13.2. The van der Waals surface area contributed by atoms with Crippen LogP contribution < -0.4 is 4.90 Å². The van der Waals surface area contributed by atoms with E-state index in [0.29, 0.717) is 23.0 Å². The molecule has 0 aliphatic rings. The molecule has 0 bridgehead atoms. The minimum absolute atomic E-state index is 0.267. The zero-order valence-corrected chi connectivity index (χ0v) is 20.1. The normalized spacial score (nSPS) is 11.0. The van der Waals surface area contributed by atoms with E-state index >= 15 is 0 Å². The van der Waals surface area contributed by atoms with Crippen LogP contribution in [-0.4, -0.2) is 44.6 Å². The molecule has 0 aliphatic carbocycles. The third-order valence-corrected chi connectivity index (χ3v) is 6.29. The summed E-state index contributed by atoms with van der Waals surface area (Å²) in [6.45, 7) is 4.01. The first-order valence-corrected chi connectivity index (χ1v) is 12.2. The third kappa shape index (κ3) is 5.31. The van der Waals surface area contributed by atoms with Crippen molar-refractivity contribution in [3.8, 4) is 11.3 Å². The number of rotatable bonds is 10. The summed E-state index contributed by atoms with van der Waals surface area (Å²) >= 11 is 1.41. The van der Waals surface area contributed by atoms with Gasteiger partial charge in [-0.3, -0.25) is 9.69 Å². The molecule has 0 fully saturated rings. The van der Waals surface area contributed by atoms with Gasteiger partial charge in [-0.05, 0) is 19.4 Å². The molecule has 0 spiro atoms. The molecule has 0 unspecified atom stereocenters. The van der Waals surface area contributed by atoms with Crippen molar-refractivity contribution < 1.29 is 14.3 Å². The third-order valence-electron chi connectivity index (χ3n) is 5.43. The fraction of sp³-hybridized carbons (Fsp3) is 0.320. The minimum atomic E-state index is -0.616. The number of esters is 1. The van der Waals surface area contributed by atoms with E-state index in [9.17, 15) is 9.59 Å². The van der Waals surface area contributed by atoms with Gasteiger partial charge in [-0.1, -0.05) is 56.5 Å². The number of thiazole rings is 1. The molecule has 0 saturated heterocycles. The van der Waals surface area contributed by atoms with Gasteiger partial charge in [0.1, 0.15) is 5.56 Å². The number of aromatic nitrogens is 4. The molecule has 8 nitrogen and oxygen atoms in total. The number of carbonyl (C=O) groups excluding carboxylic acids is 2. The predicted octanol–water partition coefficient (Wildman–Crippen LogP) is 4.93. The average molecular weight is 478 g/mol. The highest BCUT2D eigenvalue weighted by Gasteiger charge is 2.24. The van der Waals surface area contributed by atoms with E-state index in [2.05, 4.69) is 17.0 Å². The summed E-state index contributed by atoms with van der Waals surface area (Å²) < 4.78 is 6.93. The Morgan fingerprint density at radius 2 is 1.94 bits per heavy atom. The molecule has 0 atom stereocenters. The van der Waals surface area contributed by atoms with Gasteiger partial charge < -0.3 is 4.74 Å². The highest BCUT2D eigenvalue weighted by Crippen LogP contribution is 2.28. The molecule has 3 heterocycles. The molecule has 1 amide bonds. The molecule has 0 radical (unpaired) electrons. The summed E-state index contributed by atoms with van der Waals surface area (Å²) in [5.41, 5.74) is 2.98. The lowest BCUT2D eigenvalue weighted by Crippen LogP contribution is -2.35. The number of hydrogen-bond acceptors (Lipinski definition) is 7. The SMILES string of the molecule is CCCCCCN(C(=O)COC(=O)c1c(C)nn2cccnc12)c1nc(-c2ccccc2)cs1. The van der Waals surface area contributed by atoms with Crippen LogP contribution in [0.3, 0.4) is 0 Å². The Bertz CT molecular complexity index is 1270. The lowest BCUT2D eigenvalue weighted by molar-refractivity contribution is -0.121. The Balaban J connectivity index is 1.48. The number of amides is 1. The molecule has 1 aromatic carbocycles. The van der Waals surface area contributed by atoms with E-state index in [1.807, 2.05) is 35.7 Å². The number of fused-ring (bicyclic) bond motifs is 1. The summed E-state index contributed by atoms with van der Waals surface area (Å²) in [5, 5.41) is 6.83. The average Bonchev–Trinajstić information content (AvgIpc) is 3.47. The predicted molar refractivity (Wildman–Crippen MR) is 132 cm³/mol. The van der Waals surface area contributed by atoms with E-state index < -0.39 is 5.97 Å². The second kappa shape index (κ2) is 11.0. The number of nitrogens with zero attached hydrogens (tertiary/aromatic N) is 5. The van der Waals surface area contributed by atoms with Crippen molar-refractivity contribution in [1.29, 1.82) is 0 Å². The smallest absolute Gasteiger partial charge is 0.344 e. The number of carbonyl (C=O) groups is 2. The maximum Gasteiger partial charge on any atom is 0.344 e. The molecule has 34 heavy (non-hydrogen) atoms. The monoisotopic (exact) mass is 477 g/mol. The molecule has 4 rings (SSSR count). The largest absolute Gasteiger partial charge is 0.452 e. The summed E-state index contributed by atoms with van der Waals surface area (Å²) in [7, 11) is 0. The summed E-state index contributed by atoms with van der Waals surface area (Å²) in [5.74, 6) is -0.921. The van der Waals surface area contributed by atoms with Gasteiger partial charge in [-0.25, -0.2) is 19.3 Å². The number of benzene rings is 1. The van der Waals surface area contributed by atoms with Crippen molar-refractivity contribution in [2.24, 2.45) is 0 Å². The van der Waals surface area contributed by atoms with Crippen LogP contribution in [0.4, 0.5) is 5.13 Å². The van der Waals surface area contributed by atoms with Crippen molar-refractivity contribution in [3.63, 3.8) is 0 Å². The lowest BCUT2D eigenvalue weighted by atomic mass is 10.2. The van der Waals surface area contributed by atoms with Crippen LogP contribution in [0.2, 0.25) is 0 Å². The van der Waals surface area contributed by atoms with Crippen molar-refractivity contribution >= 4 is 34.0 Å². The van der Waals surface area contributed by atoms with Crippen LogP contribution in [0, 0.1) is 6.92 Å². The number of unbranched alkanes of at least 4 members (excludes halogenated alkanes) is 3. The summed E-state index contributed by atoms with van der Waals surface area (Å²) in [6, 6.07) is 11.6. The zero-order chi connectivity index (χ0) is 23.9.